The van der Waals surface area contributed by atoms with Gasteiger partial charge in [0.25, 0.3) is 0 Å². The minimum atomic E-state index is -0.861. The summed E-state index contributed by atoms with van der Waals surface area (Å²) >= 11 is 0. The number of hydrogen-bond donors (Lipinski definition) is 2. The molecule has 5 rings (SSSR count). The van der Waals surface area contributed by atoms with E-state index in [1.54, 1.807) is 18.2 Å². The van der Waals surface area contributed by atoms with E-state index in [1.165, 1.54) is 14.2 Å². The first-order chi connectivity index (χ1) is 14.6. The second-order valence-corrected chi connectivity index (χ2v) is 7.65. The van der Waals surface area contributed by atoms with Gasteiger partial charge in [-0.15, -0.1) is 0 Å². The zero-order chi connectivity index (χ0) is 21.0. The van der Waals surface area contributed by atoms with Gasteiger partial charge in [0, 0.05) is 17.4 Å². The minimum absolute atomic E-state index is 0.110. The Balaban J connectivity index is 1.74. The number of fused-ring (bicyclic) bond motifs is 3. The zero-order valence-electron chi connectivity index (χ0n) is 16.6. The van der Waals surface area contributed by atoms with E-state index in [1.807, 2.05) is 6.07 Å². The standard InChI is InChI=1S/C22H22O8/c1-26-17-4-10(3-11(7-23)21(17)27-2)18-12-5-15-16(30-9-29-15)6-13(12)20(24)14-8-28-22(25)19(14)18/h3-6,14,18-20,23-24H,7-9H2,1-2H3. The minimum Gasteiger partial charge on any atom is -0.493 e. The van der Waals surface area contributed by atoms with Crippen LogP contribution in [0, 0.1) is 11.8 Å². The predicted octanol–water partition coefficient (Wildman–Crippen LogP) is 1.89. The van der Waals surface area contributed by atoms with E-state index in [2.05, 4.69) is 0 Å². The number of aliphatic hydroxyl groups excluding tert-OH is 2. The molecule has 8 heteroatoms. The van der Waals surface area contributed by atoms with Crippen LogP contribution in [0.15, 0.2) is 24.3 Å². The van der Waals surface area contributed by atoms with Crippen molar-refractivity contribution in [1.29, 1.82) is 0 Å². The van der Waals surface area contributed by atoms with Crippen LogP contribution in [0.25, 0.3) is 0 Å². The lowest BCUT2D eigenvalue weighted by Gasteiger charge is -2.37. The van der Waals surface area contributed by atoms with Crippen LogP contribution in [0.5, 0.6) is 23.0 Å². The maximum atomic E-state index is 12.7. The maximum Gasteiger partial charge on any atom is 0.310 e. The van der Waals surface area contributed by atoms with Crippen molar-refractivity contribution in [3.63, 3.8) is 0 Å². The van der Waals surface area contributed by atoms with Crippen LogP contribution in [-0.4, -0.2) is 43.8 Å². The predicted molar refractivity (Wildman–Crippen MR) is 103 cm³/mol. The van der Waals surface area contributed by atoms with Crippen molar-refractivity contribution in [2.45, 2.75) is 18.6 Å². The molecule has 2 N–H and O–H groups in total. The lowest BCUT2D eigenvalue weighted by atomic mass is 9.66. The molecular weight excluding hydrogens is 392 g/mol. The fourth-order valence-corrected chi connectivity index (χ4v) is 4.90. The van der Waals surface area contributed by atoms with Gasteiger partial charge in [-0.2, -0.15) is 0 Å². The Morgan fingerprint density at radius 2 is 1.77 bits per heavy atom. The molecule has 2 aromatic carbocycles. The molecule has 2 heterocycles. The van der Waals surface area contributed by atoms with E-state index < -0.39 is 17.9 Å². The van der Waals surface area contributed by atoms with Crippen molar-refractivity contribution >= 4 is 5.97 Å². The van der Waals surface area contributed by atoms with Crippen LogP contribution in [0.2, 0.25) is 0 Å². The molecule has 0 spiro atoms. The molecule has 1 fully saturated rings. The van der Waals surface area contributed by atoms with Crippen molar-refractivity contribution in [3.05, 3.63) is 46.5 Å². The van der Waals surface area contributed by atoms with E-state index in [9.17, 15) is 15.0 Å². The molecule has 0 radical (unpaired) electrons. The van der Waals surface area contributed by atoms with E-state index in [-0.39, 0.29) is 31.9 Å². The molecule has 0 aromatic heterocycles. The molecule has 2 aromatic rings. The molecule has 8 nitrogen and oxygen atoms in total. The normalized spacial score (nSPS) is 26.1. The Hall–Kier alpha value is -2.97. The largest absolute Gasteiger partial charge is 0.493 e. The third-order valence-electron chi connectivity index (χ3n) is 6.26. The van der Waals surface area contributed by atoms with Crippen LogP contribution in [-0.2, 0) is 16.1 Å². The number of cyclic esters (lactones) is 1. The highest BCUT2D eigenvalue weighted by Crippen LogP contribution is 2.54. The summed E-state index contributed by atoms with van der Waals surface area (Å²) < 4.78 is 27.3. The van der Waals surface area contributed by atoms with E-state index >= 15 is 0 Å². The first-order valence-corrected chi connectivity index (χ1v) is 9.71. The number of ether oxygens (including phenoxy) is 5. The Morgan fingerprint density at radius 3 is 2.43 bits per heavy atom. The summed E-state index contributed by atoms with van der Waals surface area (Å²) in [4.78, 5) is 12.7. The molecule has 3 aliphatic rings. The van der Waals surface area contributed by atoms with Gasteiger partial charge in [-0.3, -0.25) is 4.79 Å². The quantitative estimate of drug-likeness (QED) is 0.731. The Bertz CT molecular complexity index is 991. The van der Waals surface area contributed by atoms with Gasteiger partial charge in [0.2, 0.25) is 6.79 Å². The van der Waals surface area contributed by atoms with Gasteiger partial charge in [0.1, 0.15) is 0 Å². The fraction of sp³-hybridized carbons (Fsp3) is 0.409. The molecule has 0 saturated carbocycles. The van der Waals surface area contributed by atoms with Gasteiger partial charge in [-0.1, -0.05) is 0 Å². The third-order valence-corrected chi connectivity index (χ3v) is 6.26. The summed E-state index contributed by atoms with van der Waals surface area (Å²) in [5, 5.41) is 20.9. The number of hydrogen-bond acceptors (Lipinski definition) is 8. The van der Waals surface area contributed by atoms with E-state index in [4.69, 9.17) is 23.7 Å². The first kappa shape index (κ1) is 19.0. The number of methoxy groups -OCH3 is 2. The van der Waals surface area contributed by atoms with Crippen molar-refractivity contribution < 1.29 is 38.7 Å². The Kier molecular flexibility index (Phi) is 4.48. The van der Waals surface area contributed by atoms with E-state index in [0.717, 1.165) is 11.1 Å². The zero-order valence-corrected chi connectivity index (χ0v) is 16.6. The van der Waals surface area contributed by atoms with Crippen LogP contribution in [0.3, 0.4) is 0 Å². The van der Waals surface area contributed by atoms with Gasteiger partial charge in [-0.05, 0) is 41.0 Å². The summed E-state index contributed by atoms with van der Waals surface area (Å²) in [7, 11) is 3.03. The summed E-state index contributed by atoms with van der Waals surface area (Å²) in [5.41, 5.74) is 2.76. The van der Waals surface area contributed by atoms with Crippen molar-refractivity contribution in [2.24, 2.45) is 11.8 Å². The SMILES string of the molecule is COc1cc(C2c3cc4c(cc3C(O)C3COC(=O)C23)OCO4)cc(CO)c1OC. The molecule has 4 unspecified atom stereocenters. The highest BCUT2D eigenvalue weighted by molar-refractivity contribution is 5.78. The molecular formula is C22H22O8. The van der Waals surface area contributed by atoms with Gasteiger partial charge in [0.05, 0.1) is 39.5 Å². The molecule has 4 atom stereocenters. The molecule has 1 saturated heterocycles. The smallest absolute Gasteiger partial charge is 0.310 e. The summed E-state index contributed by atoms with van der Waals surface area (Å²) in [6, 6.07) is 7.21. The highest BCUT2D eigenvalue weighted by Gasteiger charge is 2.52. The number of carbonyl (C=O) groups is 1. The number of rotatable bonds is 4. The monoisotopic (exact) mass is 414 g/mol. The summed E-state index contributed by atoms with van der Waals surface area (Å²) in [5.74, 6) is 0.304. The molecule has 2 aliphatic heterocycles. The van der Waals surface area contributed by atoms with Gasteiger partial charge in [-0.25, -0.2) is 0 Å². The van der Waals surface area contributed by atoms with Crippen molar-refractivity contribution in [3.8, 4) is 23.0 Å². The molecule has 1 aliphatic carbocycles. The van der Waals surface area contributed by atoms with Crippen molar-refractivity contribution in [1.82, 2.24) is 0 Å². The number of esters is 1. The van der Waals surface area contributed by atoms with Crippen LogP contribution < -0.4 is 18.9 Å². The topological polar surface area (TPSA) is 104 Å². The van der Waals surface area contributed by atoms with Crippen LogP contribution in [0.4, 0.5) is 0 Å². The average Bonchev–Trinajstić information content (AvgIpc) is 3.38. The first-order valence-electron chi connectivity index (χ1n) is 9.71. The van der Waals surface area contributed by atoms with Gasteiger partial charge < -0.3 is 33.9 Å². The molecule has 0 bridgehead atoms. The lowest BCUT2D eigenvalue weighted by Crippen LogP contribution is -2.34. The third kappa shape index (κ3) is 2.64. The van der Waals surface area contributed by atoms with Crippen LogP contribution >= 0.6 is 0 Å². The Morgan fingerprint density at radius 1 is 1.03 bits per heavy atom. The second kappa shape index (κ2) is 7.07. The molecule has 158 valence electrons. The summed E-state index contributed by atoms with van der Waals surface area (Å²) in [6.45, 7) is 0.00333. The van der Waals surface area contributed by atoms with Gasteiger partial charge in [0.15, 0.2) is 23.0 Å². The van der Waals surface area contributed by atoms with E-state index in [0.29, 0.717) is 34.1 Å². The summed E-state index contributed by atoms with van der Waals surface area (Å²) in [6.07, 6.45) is -0.861. The molecule has 30 heavy (non-hydrogen) atoms. The average molecular weight is 414 g/mol. The number of aliphatic hydroxyl groups is 2. The Labute approximate surface area is 172 Å². The fourth-order valence-electron chi connectivity index (χ4n) is 4.90. The second-order valence-electron chi connectivity index (χ2n) is 7.65. The number of carbonyl (C=O) groups excluding carboxylic acids is 1. The number of benzene rings is 2. The van der Waals surface area contributed by atoms with Crippen molar-refractivity contribution in [2.75, 3.05) is 27.6 Å². The molecule has 0 amide bonds. The highest BCUT2D eigenvalue weighted by atomic mass is 16.7. The lowest BCUT2D eigenvalue weighted by molar-refractivity contribution is -0.141. The van der Waals surface area contributed by atoms with Crippen LogP contribution in [0.1, 0.15) is 34.3 Å². The maximum absolute atomic E-state index is 12.7. The van der Waals surface area contributed by atoms with Gasteiger partial charge >= 0.3 is 5.97 Å².